The number of rotatable bonds is 6. The first-order valence-electron chi connectivity index (χ1n) is 8.14. The second kappa shape index (κ2) is 7.27. The number of aromatic amines is 1. The van der Waals surface area contributed by atoms with E-state index in [1.54, 1.807) is 0 Å². The van der Waals surface area contributed by atoms with E-state index in [0.29, 0.717) is 17.9 Å². The van der Waals surface area contributed by atoms with Crippen molar-refractivity contribution < 1.29 is 9.59 Å². The van der Waals surface area contributed by atoms with Crippen LogP contribution in [0.1, 0.15) is 19.8 Å². The molecule has 128 valence electrons. The van der Waals surface area contributed by atoms with Crippen molar-refractivity contribution >= 4 is 28.4 Å². The van der Waals surface area contributed by atoms with E-state index in [4.69, 9.17) is 5.73 Å². The fourth-order valence-electron chi connectivity index (χ4n) is 2.58. The van der Waals surface area contributed by atoms with Gasteiger partial charge in [0.15, 0.2) is 0 Å². The lowest BCUT2D eigenvalue weighted by Crippen LogP contribution is -2.29. The van der Waals surface area contributed by atoms with Gasteiger partial charge in [0.2, 0.25) is 5.91 Å². The highest BCUT2D eigenvalue weighted by molar-refractivity contribution is 5.95. The number of benzene rings is 2. The summed E-state index contributed by atoms with van der Waals surface area (Å²) in [4.78, 5) is 31.2. The molecule has 0 unspecified atom stereocenters. The van der Waals surface area contributed by atoms with Crippen LogP contribution in [0.3, 0.4) is 0 Å². The van der Waals surface area contributed by atoms with Gasteiger partial charge >= 0.3 is 0 Å². The molecule has 1 heterocycles. The molecule has 6 heteroatoms. The van der Waals surface area contributed by atoms with Crippen LogP contribution in [0.2, 0.25) is 0 Å². The molecule has 0 fully saturated rings. The number of fused-ring (bicyclic) bond motifs is 1. The van der Waals surface area contributed by atoms with E-state index in [9.17, 15) is 9.59 Å². The van der Waals surface area contributed by atoms with Crippen LogP contribution < -0.4 is 11.1 Å². The molecular formula is C19H20N4O2. The van der Waals surface area contributed by atoms with Crippen molar-refractivity contribution in [3.63, 3.8) is 0 Å². The molecule has 0 aliphatic heterocycles. The number of imidazole rings is 1. The summed E-state index contributed by atoms with van der Waals surface area (Å²) >= 11 is 0. The summed E-state index contributed by atoms with van der Waals surface area (Å²) in [5.74, 6) is 0.397. The number of nitrogens with one attached hydrogen (secondary N) is 2. The van der Waals surface area contributed by atoms with Gasteiger partial charge in [-0.25, -0.2) is 4.98 Å². The minimum atomic E-state index is -0.601. The van der Waals surface area contributed by atoms with Gasteiger partial charge in [-0.05, 0) is 37.6 Å². The average Bonchev–Trinajstić information content (AvgIpc) is 3.04. The molecule has 0 radical (unpaired) electrons. The molecule has 0 aliphatic rings. The van der Waals surface area contributed by atoms with Crippen molar-refractivity contribution in [1.82, 2.24) is 9.97 Å². The van der Waals surface area contributed by atoms with Crippen LogP contribution in [0.25, 0.3) is 22.4 Å². The number of para-hydroxylation sites is 3. The van der Waals surface area contributed by atoms with Gasteiger partial charge in [-0.15, -0.1) is 0 Å². The molecular weight excluding hydrogens is 316 g/mol. The number of Topliss-reactive ketones (excluding diaryl/α,β-unsaturated/α-hetero) is 1. The number of hydrogen-bond donors (Lipinski definition) is 3. The lowest BCUT2D eigenvalue weighted by Gasteiger charge is -2.11. The van der Waals surface area contributed by atoms with Crippen LogP contribution >= 0.6 is 0 Å². The SMILES string of the molecule is CC(=O)[C@@H](N)CCC(=O)Nc1ccccc1-c1nc2ccccc2[nH]1. The van der Waals surface area contributed by atoms with Gasteiger partial charge in [0, 0.05) is 12.0 Å². The molecule has 0 saturated heterocycles. The molecule has 6 nitrogen and oxygen atoms in total. The highest BCUT2D eigenvalue weighted by Crippen LogP contribution is 2.27. The predicted octanol–water partition coefficient (Wildman–Crippen LogP) is 2.86. The predicted molar refractivity (Wildman–Crippen MR) is 98.0 cm³/mol. The third-order valence-electron chi connectivity index (χ3n) is 4.05. The number of nitrogens with two attached hydrogens (primary N) is 1. The fourth-order valence-corrected chi connectivity index (χ4v) is 2.58. The zero-order chi connectivity index (χ0) is 17.8. The van der Waals surface area contributed by atoms with Crippen molar-refractivity contribution in [2.75, 3.05) is 5.32 Å². The lowest BCUT2D eigenvalue weighted by molar-refractivity contribution is -0.119. The Kier molecular flexibility index (Phi) is 4.90. The number of carbonyl (C=O) groups is 2. The van der Waals surface area contributed by atoms with Crippen LogP contribution in [-0.4, -0.2) is 27.7 Å². The Bertz CT molecular complexity index is 883. The summed E-state index contributed by atoms with van der Waals surface area (Å²) in [5.41, 5.74) is 8.96. The Balaban J connectivity index is 1.79. The maximum absolute atomic E-state index is 12.2. The summed E-state index contributed by atoms with van der Waals surface area (Å²) < 4.78 is 0. The van der Waals surface area contributed by atoms with E-state index in [0.717, 1.165) is 16.6 Å². The summed E-state index contributed by atoms with van der Waals surface area (Å²) in [6.07, 6.45) is 0.517. The van der Waals surface area contributed by atoms with Gasteiger partial charge < -0.3 is 16.0 Å². The lowest BCUT2D eigenvalue weighted by atomic mass is 10.1. The summed E-state index contributed by atoms with van der Waals surface area (Å²) in [7, 11) is 0. The molecule has 0 bridgehead atoms. The number of nitrogens with zero attached hydrogens (tertiary/aromatic N) is 1. The minimum Gasteiger partial charge on any atom is -0.338 e. The molecule has 4 N–H and O–H groups in total. The molecule has 0 saturated carbocycles. The van der Waals surface area contributed by atoms with Crippen molar-refractivity contribution in [2.45, 2.75) is 25.8 Å². The summed E-state index contributed by atoms with van der Waals surface area (Å²) in [6, 6.07) is 14.6. The van der Waals surface area contributed by atoms with Gasteiger partial charge in [0.05, 0.1) is 22.8 Å². The smallest absolute Gasteiger partial charge is 0.224 e. The van der Waals surface area contributed by atoms with Crippen molar-refractivity contribution in [3.8, 4) is 11.4 Å². The molecule has 1 aromatic heterocycles. The van der Waals surface area contributed by atoms with Crippen LogP contribution in [0.4, 0.5) is 5.69 Å². The number of ketones is 1. The largest absolute Gasteiger partial charge is 0.338 e. The number of carbonyl (C=O) groups excluding carboxylic acids is 2. The fraction of sp³-hybridized carbons (Fsp3) is 0.211. The highest BCUT2D eigenvalue weighted by atomic mass is 16.1. The van der Waals surface area contributed by atoms with Gasteiger partial charge in [0.1, 0.15) is 11.6 Å². The van der Waals surface area contributed by atoms with Crippen molar-refractivity contribution in [3.05, 3.63) is 48.5 Å². The van der Waals surface area contributed by atoms with Crippen LogP contribution in [-0.2, 0) is 9.59 Å². The molecule has 1 atom stereocenters. The van der Waals surface area contributed by atoms with Gasteiger partial charge in [-0.2, -0.15) is 0 Å². The zero-order valence-electron chi connectivity index (χ0n) is 14.0. The topological polar surface area (TPSA) is 101 Å². The Morgan fingerprint density at radius 3 is 2.64 bits per heavy atom. The van der Waals surface area contributed by atoms with Crippen molar-refractivity contribution in [1.29, 1.82) is 0 Å². The quantitative estimate of drug-likeness (QED) is 0.644. The summed E-state index contributed by atoms with van der Waals surface area (Å²) in [5, 5.41) is 2.88. The highest BCUT2D eigenvalue weighted by Gasteiger charge is 2.14. The number of anilines is 1. The third-order valence-corrected chi connectivity index (χ3v) is 4.05. The van der Waals surface area contributed by atoms with Gasteiger partial charge in [0.25, 0.3) is 0 Å². The molecule has 2 aromatic carbocycles. The van der Waals surface area contributed by atoms with Crippen molar-refractivity contribution in [2.24, 2.45) is 5.73 Å². The standard InChI is InChI=1S/C19H20N4O2/c1-12(24)14(20)10-11-18(25)21-15-7-3-2-6-13(15)19-22-16-8-4-5-9-17(16)23-19/h2-9,14H,10-11,20H2,1H3,(H,21,25)(H,22,23)/t14-/m0/s1. The number of H-pyrrole nitrogens is 1. The maximum atomic E-state index is 12.2. The average molecular weight is 336 g/mol. The number of hydrogen-bond acceptors (Lipinski definition) is 4. The van der Waals surface area contributed by atoms with E-state index in [1.165, 1.54) is 6.92 Å². The Morgan fingerprint density at radius 2 is 1.88 bits per heavy atom. The van der Waals surface area contributed by atoms with Gasteiger partial charge in [-0.1, -0.05) is 24.3 Å². The van der Waals surface area contributed by atoms with E-state index in [-0.39, 0.29) is 18.1 Å². The first-order valence-corrected chi connectivity index (χ1v) is 8.14. The van der Waals surface area contributed by atoms with Gasteiger partial charge in [-0.3, -0.25) is 9.59 Å². The monoisotopic (exact) mass is 336 g/mol. The Hall–Kier alpha value is -2.99. The molecule has 1 amide bonds. The first-order chi connectivity index (χ1) is 12.0. The normalized spacial score (nSPS) is 12.1. The second-order valence-corrected chi connectivity index (χ2v) is 5.95. The summed E-state index contributed by atoms with van der Waals surface area (Å²) in [6.45, 7) is 1.43. The van der Waals surface area contributed by atoms with E-state index in [1.807, 2.05) is 48.5 Å². The Labute approximate surface area is 145 Å². The van der Waals surface area contributed by atoms with Crippen LogP contribution in [0.15, 0.2) is 48.5 Å². The van der Waals surface area contributed by atoms with Crippen LogP contribution in [0, 0.1) is 0 Å². The third kappa shape index (κ3) is 3.92. The molecule has 0 spiro atoms. The molecule has 0 aliphatic carbocycles. The van der Waals surface area contributed by atoms with E-state index >= 15 is 0 Å². The second-order valence-electron chi connectivity index (χ2n) is 5.95. The Morgan fingerprint density at radius 1 is 1.16 bits per heavy atom. The molecule has 3 aromatic rings. The van der Waals surface area contributed by atoms with E-state index < -0.39 is 6.04 Å². The number of amides is 1. The van der Waals surface area contributed by atoms with E-state index in [2.05, 4.69) is 15.3 Å². The zero-order valence-corrected chi connectivity index (χ0v) is 14.0. The molecule has 25 heavy (non-hydrogen) atoms. The first kappa shape index (κ1) is 16.9. The number of aromatic nitrogens is 2. The molecule has 3 rings (SSSR count). The minimum absolute atomic E-state index is 0.115. The van der Waals surface area contributed by atoms with Crippen LogP contribution in [0.5, 0.6) is 0 Å². The maximum Gasteiger partial charge on any atom is 0.224 e.